The largest absolute Gasteiger partial charge is 0.493 e. The molecule has 3 rings (SSSR count). The predicted octanol–water partition coefficient (Wildman–Crippen LogP) is 4.13. The van der Waals surface area contributed by atoms with Gasteiger partial charge >= 0.3 is 23.9 Å². The summed E-state index contributed by atoms with van der Waals surface area (Å²) in [5, 5.41) is 4.22. The lowest BCUT2D eigenvalue weighted by atomic mass is 9.93. The summed E-state index contributed by atoms with van der Waals surface area (Å²) in [7, 11) is 0. The molecule has 30 heavy (non-hydrogen) atoms. The molecule has 0 saturated carbocycles. The number of alkyl halides is 9. The van der Waals surface area contributed by atoms with Crippen LogP contribution in [0.3, 0.4) is 0 Å². The molecular weight excluding hydrogens is 435 g/mol. The van der Waals surface area contributed by atoms with Gasteiger partial charge in [0.15, 0.2) is 0 Å². The zero-order chi connectivity index (χ0) is 22.4. The molecule has 0 aliphatic carbocycles. The van der Waals surface area contributed by atoms with Crippen molar-refractivity contribution >= 4 is 5.71 Å². The zero-order valence-electron chi connectivity index (χ0n) is 15.1. The van der Waals surface area contributed by atoms with Gasteiger partial charge in [-0.2, -0.15) is 44.6 Å². The third-order valence-electron chi connectivity index (χ3n) is 4.63. The molecule has 1 saturated heterocycles. The Morgan fingerprint density at radius 3 is 2.10 bits per heavy atom. The molecule has 0 N–H and O–H groups in total. The molecule has 0 spiro atoms. The first-order valence-electron chi connectivity index (χ1n) is 8.67. The molecule has 0 bridgehead atoms. The Morgan fingerprint density at radius 1 is 0.867 bits per heavy atom. The minimum absolute atomic E-state index is 0.0184. The first-order chi connectivity index (χ1) is 13.8. The van der Waals surface area contributed by atoms with Crippen molar-refractivity contribution in [2.75, 3.05) is 32.9 Å². The summed E-state index contributed by atoms with van der Waals surface area (Å²) in [4.78, 5) is 0. The predicted molar refractivity (Wildman–Crippen MR) is 85.5 cm³/mol. The maximum atomic E-state index is 14.7. The monoisotopic (exact) mass is 450 g/mol. The van der Waals surface area contributed by atoms with Crippen LogP contribution in [-0.4, -0.2) is 67.6 Å². The lowest BCUT2D eigenvalue weighted by Gasteiger charge is -2.35. The van der Waals surface area contributed by atoms with Gasteiger partial charge in [0.05, 0.1) is 32.9 Å². The number of benzene rings is 1. The summed E-state index contributed by atoms with van der Waals surface area (Å²) in [6.45, 7) is -0.151. The van der Waals surface area contributed by atoms with Crippen LogP contribution < -0.4 is 4.74 Å². The highest BCUT2D eigenvalue weighted by atomic mass is 19.4. The molecule has 2 aliphatic rings. The Bertz CT molecular complexity index is 818. The molecule has 1 fully saturated rings. The van der Waals surface area contributed by atoms with Gasteiger partial charge < -0.3 is 9.47 Å². The van der Waals surface area contributed by atoms with Crippen molar-refractivity contribution in [1.29, 1.82) is 0 Å². The van der Waals surface area contributed by atoms with E-state index < -0.39 is 35.2 Å². The van der Waals surface area contributed by atoms with Crippen molar-refractivity contribution in [1.82, 2.24) is 5.01 Å². The molecule has 1 aromatic rings. The second kappa shape index (κ2) is 7.50. The average molecular weight is 450 g/mol. The molecule has 0 atom stereocenters. The lowest BCUT2D eigenvalue weighted by Crippen LogP contribution is -2.63. The van der Waals surface area contributed by atoms with Crippen molar-refractivity contribution in [3.63, 3.8) is 0 Å². The van der Waals surface area contributed by atoms with E-state index in [1.165, 1.54) is 0 Å². The van der Waals surface area contributed by atoms with Gasteiger partial charge in [-0.15, -0.1) is 0 Å². The number of hydrogen-bond donors (Lipinski definition) is 0. The highest BCUT2D eigenvalue weighted by molar-refractivity contribution is 6.06. The Kier molecular flexibility index (Phi) is 5.63. The summed E-state index contributed by atoms with van der Waals surface area (Å²) in [5.41, 5.74) is -2.30. The van der Waals surface area contributed by atoms with E-state index in [4.69, 9.17) is 9.47 Å². The topological polar surface area (TPSA) is 34.1 Å². The van der Waals surface area contributed by atoms with Crippen LogP contribution in [0.15, 0.2) is 23.3 Å². The summed E-state index contributed by atoms with van der Waals surface area (Å²) in [5.74, 6) is -19.5. The standard InChI is InChI=1S/C17H15F9N2O2/c18-14(19,15(20,21)16(22,23)17(24,25)26)13(27-28-4-7-29-8-5-28)11-1-2-12-10(9-11)3-6-30-12/h1-2,9H,3-8H2/b27-13+. The molecular formula is C17H15F9N2O2. The van der Waals surface area contributed by atoms with Crippen LogP contribution in [0, 0.1) is 0 Å². The van der Waals surface area contributed by atoms with Gasteiger partial charge in [-0.1, -0.05) is 0 Å². The summed E-state index contributed by atoms with van der Waals surface area (Å²) in [6, 6.07) is 2.97. The number of fused-ring (bicyclic) bond motifs is 1. The van der Waals surface area contributed by atoms with E-state index in [1.54, 1.807) is 0 Å². The number of morpholine rings is 1. The van der Waals surface area contributed by atoms with Gasteiger partial charge in [0.2, 0.25) is 0 Å². The number of ether oxygens (including phenoxy) is 2. The van der Waals surface area contributed by atoms with Gasteiger partial charge in [-0.05, 0) is 23.8 Å². The smallest absolute Gasteiger partial charge is 0.460 e. The minimum Gasteiger partial charge on any atom is -0.493 e. The number of halogens is 9. The fourth-order valence-corrected chi connectivity index (χ4v) is 2.95. The van der Waals surface area contributed by atoms with E-state index in [-0.39, 0.29) is 45.1 Å². The lowest BCUT2D eigenvalue weighted by molar-refractivity contribution is -0.384. The number of hydrazone groups is 1. The number of rotatable bonds is 5. The Morgan fingerprint density at radius 2 is 1.50 bits per heavy atom. The van der Waals surface area contributed by atoms with Gasteiger partial charge in [0, 0.05) is 12.0 Å². The molecule has 0 amide bonds. The van der Waals surface area contributed by atoms with Crippen LogP contribution in [-0.2, 0) is 11.2 Å². The van der Waals surface area contributed by atoms with Crippen molar-refractivity contribution in [3.8, 4) is 5.75 Å². The van der Waals surface area contributed by atoms with Crippen LogP contribution >= 0.6 is 0 Å². The Hall–Kier alpha value is -2.18. The van der Waals surface area contributed by atoms with Crippen molar-refractivity contribution in [3.05, 3.63) is 29.3 Å². The molecule has 1 aromatic carbocycles. The van der Waals surface area contributed by atoms with Crippen LogP contribution in [0.25, 0.3) is 0 Å². The first kappa shape index (κ1) is 22.5. The number of hydrogen-bond acceptors (Lipinski definition) is 4. The van der Waals surface area contributed by atoms with Gasteiger partial charge in [0.1, 0.15) is 11.5 Å². The average Bonchev–Trinajstić information content (AvgIpc) is 3.13. The van der Waals surface area contributed by atoms with E-state index in [9.17, 15) is 39.5 Å². The maximum absolute atomic E-state index is 14.7. The van der Waals surface area contributed by atoms with Crippen molar-refractivity contribution in [2.45, 2.75) is 30.4 Å². The third kappa shape index (κ3) is 3.67. The summed E-state index contributed by atoms with van der Waals surface area (Å²) in [6.07, 6.45) is -6.69. The van der Waals surface area contributed by atoms with E-state index in [1.807, 2.05) is 0 Å². The maximum Gasteiger partial charge on any atom is 0.460 e. The number of nitrogens with zero attached hydrogens (tertiary/aromatic N) is 2. The fraction of sp³-hybridized carbons (Fsp3) is 0.588. The fourth-order valence-electron chi connectivity index (χ4n) is 2.95. The highest BCUT2D eigenvalue weighted by Gasteiger charge is 2.83. The molecule has 4 nitrogen and oxygen atoms in total. The summed E-state index contributed by atoms with van der Waals surface area (Å²) < 4.78 is 132. The third-order valence-corrected chi connectivity index (χ3v) is 4.63. The second-order valence-electron chi connectivity index (χ2n) is 6.66. The van der Waals surface area contributed by atoms with Gasteiger partial charge in [-0.25, -0.2) is 0 Å². The van der Waals surface area contributed by atoms with Crippen molar-refractivity contribution in [2.24, 2.45) is 5.10 Å². The van der Waals surface area contributed by atoms with Gasteiger partial charge in [0.25, 0.3) is 0 Å². The Labute approximate surface area is 164 Å². The molecule has 168 valence electrons. The van der Waals surface area contributed by atoms with E-state index >= 15 is 0 Å². The normalized spacial score (nSPS) is 19.0. The molecule has 2 heterocycles. The summed E-state index contributed by atoms with van der Waals surface area (Å²) >= 11 is 0. The quantitative estimate of drug-likeness (QED) is 0.500. The van der Waals surface area contributed by atoms with E-state index in [0.29, 0.717) is 5.56 Å². The first-order valence-corrected chi connectivity index (χ1v) is 8.67. The highest BCUT2D eigenvalue weighted by Crippen LogP contribution is 2.54. The SMILES string of the molecule is FC(F)(F)C(F)(F)C(F)(F)C(F)(F)/C(=N/N1CCOCC1)c1ccc2c(c1)CCO2. The van der Waals surface area contributed by atoms with E-state index in [2.05, 4.69) is 5.10 Å². The minimum atomic E-state index is -7.00. The molecule has 0 unspecified atom stereocenters. The second-order valence-corrected chi connectivity index (χ2v) is 6.66. The molecule has 0 aromatic heterocycles. The van der Waals surface area contributed by atoms with Crippen LogP contribution in [0.5, 0.6) is 5.75 Å². The zero-order valence-corrected chi connectivity index (χ0v) is 15.1. The van der Waals surface area contributed by atoms with Crippen LogP contribution in [0.1, 0.15) is 11.1 Å². The molecule has 0 radical (unpaired) electrons. The van der Waals surface area contributed by atoms with Crippen molar-refractivity contribution < 1.29 is 49.0 Å². The van der Waals surface area contributed by atoms with Crippen LogP contribution in [0.2, 0.25) is 0 Å². The van der Waals surface area contributed by atoms with Gasteiger partial charge in [-0.3, -0.25) is 5.01 Å². The van der Waals surface area contributed by atoms with E-state index in [0.717, 1.165) is 23.2 Å². The Balaban J connectivity index is 2.12. The molecule has 13 heteroatoms. The van der Waals surface area contributed by atoms with Crippen LogP contribution in [0.4, 0.5) is 39.5 Å². The molecule has 2 aliphatic heterocycles.